The first-order valence-corrected chi connectivity index (χ1v) is 4.60. The summed E-state index contributed by atoms with van der Waals surface area (Å²) >= 11 is 0. The van der Waals surface area contributed by atoms with Crippen molar-refractivity contribution in [1.82, 2.24) is 0 Å². The van der Waals surface area contributed by atoms with Gasteiger partial charge in [0, 0.05) is 0 Å². The van der Waals surface area contributed by atoms with E-state index in [1.54, 1.807) is 0 Å². The predicted molar refractivity (Wildman–Crippen MR) is 69.0 cm³/mol. The van der Waals surface area contributed by atoms with Crippen molar-refractivity contribution in [3.63, 3.8) is 0 Å². The summed E-state index contributed by atoms with van der Waals surface area (Å²) in [6.07, 6.45) is 0.0668. The van der Waals surface area contributed by atoms with Crippen LogP contribution in [0.5, 0.6) is 0 Å². The Labute approximate surface area is 122 Å². The first-order chi connectivity index (χ1) is 6.91. The van der Waals surface area contributed by atoms with Crippen molar-refractivity contribution < 1.29 is 29.7 Å². The highest BCUT2D eigenvalue weighted by atomic mass is 35.5. The fraction of sp³-hybridized carbons (Fsp3) is 0.667. The van der Waals surface area contributed by atoms with Gasteiger partial charge in [-0.25, -0.2) is 0 Å². The third kappa shape index (κ3) is 5.75. The van der Waals surface area contributed by atoms with E-state index in [0.717, 1.165) is 0 Å². The summed E-state index contributed by atoms with van der Waals surface area (Å²) in [7, 11) is 0. The normalized spacial score (nSPS) is 25.7. The molecule has 0 aromatic carbocycles. The number of halogens is 3. The van der Waals surface area contributed by atoms with Crippen LogP contribution in [0.1, 0.15) is 19.3 Å². The maximum absolute atomic E-state index is 10.7. The first kappa shape index (κ1) is 22.5. The average Bonchev–Trinajstić information content (AvgIpc) is 2.16. The minimum Gasteiger partial charge on any atom is -0.481 e. The lowest BCUT2D eigenvalue weighted by atomic mass is 9.75. The lowest BCUT2D eigenvalue weighted by Gasteiger charge is -2.28. The molecular weight excluding hydrogens is 310 g/mol. The molecule has 0 bridgehead atoms. The molecule has 0 spiro atoms. The Morgan fingerprint density at radius 2 is 0.778 bits per heavy atom. The van der Waals surface area contributed by atoms with Crippen molar-refractivity contribution in [2.24, 2.45) is 17.8 Å². The second kappa shape index (κ2) is 9.24. The van der Waals surface area contributed by atoms with Crippen LogP contribution in [-0.4, -0.2) is 33.2 Å². The van der Waals surface area contributed by atoms with Gasteiger partial charge in [-0.1, -0.05) is 0 Å². The zero-order valence-electron chi connectivity index (χ0n) is 9.14. The molecule has 0 radical (unpaired) electrons. The molecule has 9 heteroatoms. The highest BCUT2D eigenvalue weighted by molar-refractivity contribution is 5.86. The third-order valence-electron chi connectivity index (χ3n) is 2.75. The summed E-state index contributed by atoms with van der Waals surface area (Å²) in [5.41, 5.74) is 0. The van der Waals surface area contributed by atoms with Gasteiger partial charge in [0.15, 0.2) is 0 Å². The van der Waals surface area contributed by atoms with E-state index < -0.39 is 35.7 Å². The summed E-state index contributed by atoms with van der Waals surface area (Å²) < 4.78 is 0. The maximum atomic E-state index is 10.7. The van der Waals surface area contributed by atoms with Crippen LogP contribution in [0.25, 0.3) is 0 Å². The fourth-order valence-corrected chi connectivity index (χ4v) is 1.92. The minimum atomic E-state index is -1.12. The summed E-state index contributed by atoms with van der Waals surface area (Å²) in [5.74, 6) is -5.94. The van der Waals surface area contributed by atoms with E-state index >= 15 is 0 Å². The predicted octanol–water partition coefficient (Wildman–Crippen LogP) is 1.54. The minimum absolute atomic E-state index is 0. The fourth-order valence-electron chi connectivity index (χ4n) is 1.92. The second-order valence-corrected chi connectivity index (χ2v) is 3.81. The number of hydrogen-bond donors (Lipinski definition) is 3. The van der Waals surface area contributed by atoms with E-state index in [4.69, 9.17) is 15.3 Å². The molecule has 0 atom stereocenters. The van der Waals surface area contributed by atoms with Gasteiger partial charge in [0.25, 0.3) is 0 Å². The van der Waals surface area contributed by atoms with Crippen molar-refractivity contribution in [2.45, 2.75) is 19.3 Å². The molecule has 0 amide bonds. The molecule has 0 aliphatic heterocycles. The molecule has 1 saturated carbocycles. The molecule has 1 fully saturated rings. The van der Waals surface area contributed by atoms with Crippen LogP contribution in [0, 0.1) is 17.8 Å². The van der Waals surface area contributed by atoms with Gasteiger partial charge in [-0.2, -0.15) is 0 Å². The molecule has 3 N–H and O–H groups in total. The standard InChI is InChI=1S/C9H12O6.3ClH/c10-7(11)4-1-5(8(12)13)3-6(2-4)9(14)15;;;/h4-6H,1-3H2,(H,10,11)(H,12,13)(H,14,15);3*1H. The topological polar surface area (TPSA) is 112 Å². The molecule has 1 aliphatic rings. The molecule has 0 saturated heterocycles. The quantitative estimate of drug-likeness (QED) is 0.725. The first-order valence-electron chi connectivity index (χ1n) is 4.60. The van der Waals surface area contributed by atoms with Crippen molar-refractivity contribution >= 4 is 55.1 Å². The van der Waals surface area contributed by atoms with Gasteiger partial charge in [-0.3, -0.25) is 14.4 Å². The van der Waals surface area contributed by atoms with Crippen LogP contribution in [-0.2, 0) is 14.4 Å². The van der Waals surface area contributed by atoms with Gasteiger partial charge < -0.3 is 15.3 Å². The van der Waals surface area contributed by atoms with Crippen molar-refractivity contribution in [2.75, 3.05) is 0 Å². The van der Waals surface area contributed by atoms with E-state index in [1.807, 2.05) is 0 Å². The number of aliphatic carboxylic acids is 3. The summed E-state index contributed by atoms with van der Waals surface area (Å²) in [6, 6.07) is 0. The summed E-state index contributed by atoms with van der Waals surface area (Å²) in [4.78, 5) is 32.1. The number of carboxylic acid groups (broad SMARTS) is 3. The molecular formula is C9H15Cl3O6. The van der Waals surface area contributed by atoms with Crippen molar-refractivity contribution in [3.05, 3.63) is 0 Å². The lowest BCUT2D eigenvalue weighted by molar-refractivity contribution is -0.153. The SMILES string of the molecule is Cl.Cl.Cl.O=C(O)C1CC(C(=O)O)CC(C(=O)O)C1. The molecule has 0 aromatic rings. The molecule has 0 unspecified atom stereocenters. The van der Waals surface area contributed by atoms with E-state index in [9.17, 15) is 14.4 Å². The Kier molecular flexibility index (Phi) is 11.5. The summed E-state index contributed by atoms with van der Waals surface area (Å²) in [5, 5.41) is 26.3. The molecule has 108 valence electrons. The molecule has 18 heavy (non-hydrogen) atoms. The monoisotopic (exact) mass is 324 g/mol. The van der Waals surface area contributed by atoms with Crippen LogP contribution >= 0.6 is 37.2 Å². The lowest BCUT2D eigenvalue weighted by Crippen LogP contribution is -2.34. The van der Waals surface area contributed by atoms with Crippen LogP contribution in [0.3, 0.4) is 0 Å². The number of hydrogen-bond acceptors (Lipinski definition) is 3. The van der Waals surface area contributed by atoms with E-state index in [1.165, 1.54) is 0 Å². The Bertz CT molecular complexity index is 255. The Morgan fingerprint density at radius 1 is 0.611 bits per heavy atom. The Hall–Kier alpha value is -0.720. The highest BCUT2D eigenvalue weighted by Crippen LogP contribution is 2.33. The maximum Gasteiger partial charge on any atom is 0.306 e. The van der Waals surface area contributed by atoms with Crippen LogP contribution in [0.2, 0.25) is 0 Å². The number of rotatable bonds is 3. The third-order valence-corrected chi connectivity index (χ3v) is 2.75. The van der Waals surface area contributed by atoms with Crippen molar-refractivity contribution in [1.29, 1.82) is 0 Å². The highest BCUT2D eigenvalue weighted by Gasteiger charge is 2.38. The van der Waals surface area contributed by atoms with Gasteiger partial charge in [-0.15, -0.1) is 37.2 Å². The van der Waals surface area contributed by atoms with Gasteiger partial charge in [0.2, 0.25) is 0 Å². The van der Waals surface area contributed by atoms with Gasteiger partial charge in [0.05, 0.1) is 17.8 Å². The van der Waals surface area contributed by atoms with Crippen LogP contribution in [0.15, 0.2) is 0 Å². The van der Waals surface area contributed by atoms with Crippen molar-refractivity contribution in [3.8, 4) is 0 Å². The van der Waals surface area contributed by atoms with Crippen LogP contribution in [0.4, 0.5) is 0 Å². The van der Waals surface area contributed by atoms with Gasteiger partial charge in [-0.05, 0) is 19.3 Å². The van der Waals surface area contributed by atoms with Crippen LogP contribution < -0.4 is 0 Å². The molecule has 1 aliphatic carbocycles. The molecule has 1 rings (SSSR count). The van der Waals surface area contributed by atoms with E-state index in [2.05, 4.69) is 0 Å². The van der Waals surface area contributed by atoms with E-state index in [-0.39, 0.29) is 56.5 Å². The number of carboxylic acids is 3. The smallest absolute Gasteiger partial charge is 0.306 e. The average molecular weight is 326 g/mol. The largest absolute Gasteiger partial charge is 0.481 e. The molecule has 6 nitrogen and oxygen atoms in total. The van der Waals surface area contributed by atoms with E-state index in [0.29, 0.717) is 0 Å². The zero-order valence-corrected chi connectivity index (χ0v) is 11.6. The Morgan fingerprint density at radius 3 is 0.889 bits per heavy atom. The Balaban J connectivity index is -0.000000750. The molecule has 0 heterocycles. The molecule has 0 aromatic heterocycles. The number of carbonyl (C=O) groups is 3. The second-order valence-electron chi connectivity index (χ2n) is 3.81. The van der Waals surface area contributed by atoms with Gasteiger partial charge >= 0.3 is 17.9 Å². The summed E-state index contributed by atoms with van der Waals surface area (Å²) in [6.45, 7) is 0. The van der Waals surface area contributed by atoms with Gasteiger partial charge in [0.1, 0.15) is 0 Å². The zero-order chi connectivity index (χ0) is 11.6.